The van der Waals surface area contributed by atoms with Crippen LogP contribution in [0, 0.1) is 5.92 Å². The summed E-state index contributed by atoms with van der Waals surface area (Å²) in [5.41, 5.74) is 0. The van der Waals surface area contributed by atoms with Crippen molar-refractivity contribution in [1.29, 1.82) is 0 Å². The molecule has 1 nitrogen and oxygen atoms in total. The molecule has 0 bridgehead atoms. The molecule has 0 heterocycles. The van der Waals surface area contributed by atoms with Crippen LogP contribution in [0.1, 0.15) is 52.4 Å². The first-order valence-electron chi connectivity index (χ1n) is 6.64. The number of nitrogens with one attached hydrogen (secondary N) is 1. The minimum Gasteiger partial charge on any atom is -0.314 e. The standard InChI is InChI=1S/C13H27NS/c1-3-15-11-5-10-14-13-7-4-6-12(2)8-9-13/h12-14H,3-11H2,1-2H3. The van der Waals surface area contributed by atoms with Crippen LogP contribution in [0.4, 0.5) is 0 Å². The molecule has 0 radical (unpaired) electrons. The Balaban J connectivity index is 2.00. The molecular formula is C13H27NS. The molecular weight excluding hydrogens is 202 g/mol. The van der Waals surface area contributed by atoms with E-state index in [0.717, 1.165) is 12.0 Å². The predicted octanol–water partition coefficient (Wildman–Crippen LogP) is 3.69. The summed E-state index contributed by atoms with van der Waals surface area (Å²) in [5, 5.41) is 3.73. The van der Waals surface area contributed by atoms with E-state index in [0.29, 0.717) is 0 Å². The lowest BCUT2D eigenvalue weighted by Crippen LogP contribution is -2.29. The molecule has 1 saturated carbocycles. The highest BCUT2D eigenvalue weighted by Crippen LogP contribution is 2.22. The zero-order chi connectivity index (χ0) is 10.9. The Labute approximate surface area is 99.8 Å². The first kappa shape index (κ1) is 13.4. The second-order valence-corrected chi connectivity index (χ2v) is 6.21. The smallest absolute Gasteiger partial charge is 0.00671 e. The van der Waals surface area contributed by atoms with Crippen molar-refractivity contribution in [3.8, 4) is 0 Å². The molecule has 1 aliphatic rings. The summed E-state index contributed by atoms with van der Waals surface area (Å²) >= 11 is 2.06. The summed E-state index contributed by atoms with van der Waals surface area (Å²) < 4.78 is 0. The van der Waals surface area contributed by atoms with Gasteiger partial charge < -0.3 is 5.32 Å². The highest BCUT2D eigenvalue weighted by molar-refractivity contribution is 7.99. The summed E-state index contributed by atoms with van der Waals surface area (Å²) in [4.78, 5) is 0. The molecule has 0 aromatic heterocycles. The van der Waals surface area contributed by atoms with Gasteiger partial charge in [-0.2, -0.15) is 11.8 Å². The average molecular weight is 229 g/mol. The quantitative estimate of drug-likeness (QED) is 0.551. The fourth-order valence-corrected chi connectivity index (χ4v) is 2.95. The maximum atomic E-state index is 3.73. The minimum atomic E-state index is 0.821. The van der Waals surface area contributed by atoms with Crippen LogP contribution < -0.4 is 5.32 Å². The van der Waals surface area contributed by atoms with E-state index in [9.17, 15) is 0 Å². The third kappa shape index (κ3) is 6.47. The fourth-order valence-electron chi connectivity index (χ4n) is 2.32. The lowest BCUT2D eigenvalue weighted by Gasteiger charge is -2.16. The molecule has 0 aromatic rings. The van der Waals surface area contributed by atoms with E-state index < -0.39 is 0 Å². The van der Waals surface area contributed by atoms with E-state index in [1.54, 1.807) is 0 Å². The van der Waals surface area contributed by atoms with E-state index in [4.69, 9.17) is 0 Å². The maximum Gasteiger partial charge on any atom is 0.00671 e. The highest BCUT2D eigenvalue weighted by Gasteiger charge is 2.14. The van der Waals surface area contributed by atoms with E-state index in [1.807, 2.05) is 0 Å². The summed E-state index contributed by atoms with van der Waals surface area (Å²) in [7, 11) is 0. The molecule has 15 heavy (non-hydrogen) atoms. The minimum absolute atomic E-state index is 0.821. The van der Waals surface area contributed by atoms with Crippen LogP contribution in [-0.4, -0.2) is 24.1 Å². The number of rotatable bonds is 6. The van der Waals surface area contributed by atoms with Crippen LogP contribution >= 0.6 is 11.8 Å². The van der Waals surface area contributed by atoms with Crippen LogP contribution in [0.2, 0.25) is 0 Å². The van der Waals surface area contributed by atoms with Crippen molar-refractivity contribution in [2.24, 2.45) is 5.92 Å². The van der Waals surface area contributed by atoms with Gasteiger partial charge >= 0.3 is 0 Å². The van der Waals surface area contributed by atoms with Gasteiger partial charge in [0.25, 0.3) is 0 Å². The second kappa shape index (κ2) is 8.46. The molecule has 1 N–H and O–H groups in total. The normalized spacial score (nSPS) is 27.6. The third-order valence-electron chi connectivity index (χ3n) is 3.36. The van der Waals surface area contributed by atoms with Gasteiger partial charge in [0.05, 0.1) is 0 Å². The van der Waals surface area contributed by atoms with E-state index in [2.05, 4.69) is 30.9 Å². The molecule has 1 rings (SSSR count). The molecule has 2 heteroatoms. The zero-order valence-electron chi connectivity index (χ0n) is 10.4. The molecule has 0 aromatic carbocycles. The molecule has 0 aliphatic heterocycles. The van der Waals surface area contributed by atoms with Gasteiger partial charge in [-0.1, -0.05) is 26.7 Å². The first-order valence-corrected chi connectivity index (χ1v) is 7.79. The van der Waals surface area contributed by atoms with Gasteiger partial charge in [-0.15, -0.1) is 0 Å². The first-order chi connectivity index (χ1) is 7.33. The topological polar surface area (TPSA) is 12.0 Å². The van der Waals surface area contributed by atoms with Gasteiger partial charge in [-0.25, -0.2) is 0 Å². The van der Waals surface area contributed by atoms with Gasteiger partial charge in [0.15, 0.2) is 0 Å². The lowest BCUT2D eigenvalue weighted by molar-refractivity contribution is 0.449. The zero-order valence-corrected chi connectivity index (χ0v) is 11.2. The van der Waals surface area contributed by atoms with Gasteiger partial charge in [-0.3, -0.25) is 0 Å². The van der Waals surface area contributed by atoms with Crippen LogP contribution in [0.25, 0.3) is 0 Å². The van der Waals surface area contributed by atoms with Crippen LogP contribution in [0.5, 0.6) is 0 Å². The largest absolute Gasteiger partial charge is 0.314 e. The fraction of sp³-hybridized carbons (Fsp3) is 1.00. The number of thioether (sulfide) groups is 1. The molecule has 1 aliphatic carbocycles. The Morgan fingerprint density at radius 1 is 1.20 bits per heavy atom. The Kier molecular flexibility index (Phi) is 7.54. The predicted molar refractivity (Wildman–Crippen MR) is 71.7 cm³/mol. The molecule has 2 unspecified atom stereocenters. The van der Waals surface area contributed by atoms with Crippen LogP contribution in [-0.2, 0) is 0 Å². The maximum absolute atomic E-state index is 3.73. The van der Waals surface area contributed by atoms with Crippen LogP contribution in [0.15, 0.2) is 0 Å². The van der Waals surface area contributed by atoms with Crippen molar-refractivity contribution < 1.29 is 0 Å². The SMILES string of the molecule is CCSCCCNC1CCCC(C)CC1. The second-order valence-electron chi connectivity index (χ2n) is 4.81. The monoisotopic (exact) mass is 229 g/mol. The lowest BCUT2D eigenvalue weighted by atomic mass is 10.0. The Bertz CT molecular complexity index is 149. The van der Waals surface area contributed by atoms with Gasteiger partial charge in [-0.05, 0) is 49.7 Å². The Morgan fingerprint density at radius 2 is 2.07 bits per heavy atom. The summed E-state index contributed by atoms with van der Waals surface area (Å²) in [6, 6.07) is 0.821. The Morgan fingerprint density at radius 3 is 2.87 bits per heavy atom. The average Bonchev–Trinajstić information content (AvgIpc) is 2.43. The highest BCUT2D eigenvalue weighted by atomic mass is 32.2. The summed E-state index contributed by atoms with van der Waals surface area (Å²) in [5.74, 6) is 3.56. The van der Waals surface area contributed by atoms with Crippen LogP contribution in [0.3, 0.4) is 0 Å². The summed E-state index contributed by atoms with van der Waals surface area (Å²) in [6.07, 6.45) is 8.46. The van der Waals surface area contributed by atoms with Crippen molar-refractivity contribution in [2.75, 3.05) is 18.1 Å². The third-order valence-corrected chi connectivity index (χ3v) is 4.35. The number of hydrogen-bond acceptors (Lipinski definition) is 2. The van der Waals surface area contributed by atoms with E-state index >= 15 is 0 Å². The molecule has 2 atom stereocenters. The van der Waals surface area contributed by atoms with Crippen molar-refractivity contribution in [2.45, 2.75) is 58.4 Å². The van der Waals surface area contributed by atoms with E-state index in [-0.39, 0.29) is 0 Å². The number of hydrogen-bond donors (Lipinski definition) is 1. The van der Waals surface area contributed by atoms with Crippen molar-refractivity contribution in [3.05, 3.63) is 0 Å². The van der Waals surface area contributed by atoms with Crippen molar-refractivity contribution in [3.63, 3.8) is 0 Å². The molecule has 0 saturated heterocycles. The van der Waals surface area contributed by atoms with Crippen molar-refractivity contribution >= 4 is 11.8 Å². The Hall–Kier alpha value is 0.310. The van der Waals surface area contributed by atoms with E-state index in [1.165, 1.54) is 56.6 Å². The molecule has 1 fully saturated rings. The van der Waals surface area contributed by atoms with Gasteiger partial charge in [0.2, 0.25) is 0 Å². The molecule has 0 spiro atoms. The van der Waals surface area contributed by atoms with Gasteiger partial charge in [0, 0.05) is 6.04 Å². The summed E-state index contributed by atoms with van der Waals surface area (Å²) in [6.45, 7) is 5.87. The molecule has 90 valence electrons. The van der Waals surface area contributed by atoms with Crippen molar-refractivity contribution in [1.82, 2.24) is 5.32 Å². The van der Waals surface area contributed by atoms with Gasteiger partial charge in [0.1, 0.15) is 0 Å². The molecule has 0 amide bonds.